The van der Waals surface area contributed by atoms with Crippen molar-refractivity contribution < 1.29 is 4.79 Å². The van der Waals surface area contributed by atoms with E-state index in [1.54, 1.807) is 17.4 Å². The molecule has 0 fully saturated rings. The number of aryl methyl sites for hydroxylation is 1. The number of fused-ring (bicyclic) bond motifs is 1. The van der Waals surface area contributed by atoms with E-state index in [4.69, 9.17) is 0 Å². The predicted octanol–water partition coefficient (Wildman–Crippen LogP) is 4.56. The Hall–Kier alpha value is -3.60. The molecule has 0 radical (unpaired) electrons. The van der Waals surface area contributed by atoms with Gasteiger partial charge < -0.3 is 4.98 Å². The number of aromatic amines is 1. The number of hydrazine groups is 1. The van der Waals surface area contributed by atoms with Crippen LogP contribution in [-0.2, 0) is 11.2 Å². The SMILES string of the molecule is O=C(CCc1cccnc1)N(Nc1cccc2[nH]ccc12)c1ccccc1. The minimum Gasteiger partial charge on any atom is -0.361 e. The number of pyridine rings is 1. The first-order valence-corrected chi connectivity index (χ1v) is 8.91. The molecule has 2 aromatic carbocycles. The number of hydrogen-bond acceptors (Lipinski definition) is 3. The van der Waals surface area contributed by atoms with Crippen LogP contribution in [0.5, 0.6) is 0 Å². The minimum atomic E-state index is -0.00223. The summed E-state index contributed by atoms with van der Waals surface area (Å²) in [6.07, 6.45) is 6.46. The lowest BCUT2D eigenvalue weighted by atomic mass is 10.1. The van der Waals surface area contributed by atoms with Gasteiger partial charge in [-0.15, -0.1) is 0 Å². The maximum atomic E-state index is 13.0. The van der Waals surface area contributed by atoms with E-state index in [0.29, 0.717) is 12.8 Å². The van der Waals surface area contributed by atoms with E-state index in [-0.39, 0.29) is 5.91 Å². The van der Waals surface area contributed by atoms with Crippen LogP contribution in [0.25, 0.3) is 10.9 Å². The lowest BCUT2D eigenvalue weighted by molar-refractivity contribution is -0.118. The van der Waals surface area contributed by atoms with Crippen LogP contribution in [0.3, 0.4) is 0 Å². The van der Waals surface area contributed by atoms with Gasteiger partial charge in [0.2, 0.25) is 5.91 Å². The Kier molecular flexibility index (Phi) is 4.83. The van der Waals surface area contributed by atoms with Crippen LogP contribution in [0.15, 0.2) is 85.3 Å². The molecule has 0 unspecified atom stereocenters. The second-order valence-corrected chi connectivity index (χ2v) is 6.28. The summed E-state index contributed by atoms with van der Waals surface area (Å²) in [5.41, 5.74) is 7.07. The molecule has 5 nitrogen and oxygen atoms in total. The first-order chi connectivity index (χ1) is 13.3. The summed E-state index contributed by atoms with van der Waals surface area (Å²) in [7, 11) is 0. The molecule has 0 bridgehead atoms. The van der Waals surface area contributed by atoms with Crippen LogP contribution >= 0.6 is 0 Å². The molecular formula is C22H20N4O. The third-order valence-corrected chi connectivity index (χ3v) is 4.44. The van der Waals surface area contributed by atoms with Crippen LogP contribution in [-0.4, -0.2) is 15.9 Å². The minimum absolute atomic E-state index is 0.00223. The van der Waals surface area contributed by atoms with Gasteiger partial charge in [0.25, 0.3) is 0 Å². The van der Waals surface area contributed by atoms with Crippen LogP contribution in [0.4, 0.5) is 11.4 Å². The van der Waals surface area contributed by atoms with Gasteiger partial charge in [0.15, 0.2) is 0 Å². The number of nitrogens with zero attached hydrogens (tertiary/aromatic N) is 2. The molecule has 2 aromatic heterocycles. The Morgan fingerprint density at radius 2 is 1.89 bits per heavy atom. The highest BCUT2D eigenvalue weighted by atomic mass is 16.2. The van der Waals surface area contributed by atoms with E-state index in [1.165, 1.54) is 0 Å². The third kappa shape index (κ3) is 3.82. The fraction of sp³-hybridized carbons (Fsp3) is 0.0909. The van der Waals surface area contributed by atoms with Crippen LogP contribution in [0, 0.1) is 0 Å². The Morgan fingerprint density at radius 1 is 1.00 bits per heavy atom. The average Bonchev–Trinajstić information content (AvgIpc) is 3.21. The lowest BCUT2D eigenvalue weighted by Crippen LogP contribution is -2.36. The van der Waals surface area contributed by atoms with Crippen LogP contribution in [0.1, 0.15) is 12.0 Å². The maximum absolute atomic E-state index is 13.0. The smallest absolute Gasteiger partial charge is 0.245 e. The molecule has 0 saturated carbocycles. The number of H-pyrrole nitrogens is 1. The van der Waals surface area contributed by atoms with Crippen molar-refractivity contribution in [3.63, 3.8) is 0 Å². The number of hydrogen-bond donors (Lipinski definition) is 2. The Labute approximate surface area is 157 Å². The highest BCUT2D eigenvalue weighted by Crippen LogP contribution is 2.25. The van der Waals surface area contributed by atoms with Crippen molar-refractivity contribution in [3.05, 3.63) is 90.9 Å². The van der Waals surface area contributed by atoms with E-state index in [2.05, 4.69) is 15.4 Å². The first-order valence-electron chi connectivity index (χ1n) is 8.91. The second kappa shape index (κ2) is 7.74. The van der Waals surface area contributed by atoms with Gasteiger partial charge in [0.05, 0.1) is 11.4 Å². The summed E-state index contributed by atoms with van der Waals surface area (Å²) in [6.45, 7) is 0. The maximum Gasteiger partial charge on any atom is 0.245 e. The van der Waals surface area contributed by atoms with Crippen molar-refractivity contribution in [1.82, 2.24) is 9.97 Å². The zero-order chi connectivity index (χ0) is 18.5. The summed E-state index contributed by atoms with van der Waals surface area (Å²) in [4.78, 5) is 20.3. The Bertz CT molecular complexity index is 1030. The third-order valence-electron chi connectivity index (χ3n) is 4.44. The summed E-state index contributed by atoms with van der Waals surface area (Å²) >= 11 is 0. The number of amides is 1. The number of benzene rings is 2. The molecule has 0 aliphatic heterocycles. The summed E-state index contributed by atoms with van der Waals surface area (Å²) in [6, 6.07) is 21.5. The van der Waals surface area contributed by atoms with Gasteiger partial charge in [0, 0.05) is 35.9 Å². The molecule has 4 aromatic rings. The highest BCUT2D eigenvalue weighted by molar-refractivity contribution is 5.99. The number of rotatable bonds is 6. The van der Waals surface area contributed by atoms with Gasteiger partial charge in [-0.2, -0.15) is 0 Å². The second-order valence-electron chi connectivity index (χ2n) is 6.28. The lowest BCUT2D eigenvalue weighted by Gasteiger charge is -2.25. The largest absolute Gasteiger partial charge is 0.361 e. The van der Waals surface area contributed by atoms with Crippen molar-refractivity contribution in [2.24, 2.45) is 0 Å². The standard InChI is InChI=1S/C22H20N4O/c27-22(12-11-17-6-5-14-23-16-17)26(18-7-2-1-3-8-18)25-21-10-4-9-20-19(21)13-15-24-20/h1-10,13-16,24-25H,11-12H2. The van der Waals surface area contributed by atoms with Gasteiger partial charge in [-0.05, 0) is 48.4 Å². The number of para-hydroxylation sites is 1. The fourth-order valence-electron chi connectivity index (χ4n) is 3.06. The summed E-state index contributed by atoms with van der Waals surface area (Å²) < 4.78 is 0. The van der Waals surface area contributed by atoms with Crippen molar-refractivity contribution in [3.8, 4) is 0 Å². The molecule has 0 spiro atoms. The van der Waals surface area contributed by atoms with Crippen LogP contribution in [0.2, 0.25) is 0 Å². The van der Waals surface area contributed by atoms with Crippen molar-refractivity contribution in [2.75, 3.05) is 10.4 Å². The number of nitrogens with one attached hydrogen (secondary N) is 2. The van der Waals surface area contributed by atoms with E-state index < -0.39 is 0 Å². The fourth-order valence-corrected chi connectivity index (χ4v) is 3.06. The Morgan fingerprint density at radius 3 is 2.70 bits per heavy atom. The van der Waals surface area contributed by atoms with Crippen molar-refractivity contribution in [1.29, 1.82) is 0 Å². The molecule has 2 N–H and O–H groups in total. The molecular weight excluding hydrogens is 336 g/mol. The number of aromatic nitrogens is 2. The normalized spacial score (nSPS) is 10.7. The topological polar surface area (TPSA) is 61.0 Å². The molecule has 0 saturated heterocycles. The van der Waals surface area contributed by atoms with E-state index >= 15 is 0 Å². The van der Waals surface area contributed by atoms with Gasteiger partial charge >= 0.3 is 0 Å². The Balaban J connectivity index is 1.59. The molecule has 2 heterocycles. The van der Waals surface area contributed by atoms with E-state index in [1.807, 2.05) is 72.9 Å². The number of anilines is 2. The zero-order valence-corrected chi connectivity index (χ0v) is 14.8. The molecule has 1 amide bonds. The van der Waals surface area contributed by atoms with Gasteiger partial charge in [-0.25, -0.2) is 5.01 Å². The van der Waals surface area contributed by atoms with Gasteiger partial charge in [-0.3, -0.25) is 15.2 Å². The average molecular weight is 356 g/mol. The molecule has 0 atom stereocenters. The quantitative estimate of drug-likeness (QED) is 0.498. The van der Waals surface area contributed by atoms with Gasteiger partial charge in [-0.1, -0.05) is 30.3 Å². The molecule has 134 valence electrons. The summed E-state index contributed by atoms with van der Waals surface area (Å²) in [5, 5.41) is 2.66. The number of carbonyl (C=O) groups excluding carboxylic acids is 1. The molecule has 0 aliphatic carbocycles. The molecule has 27 heavy (non-hydrogen) atoms. The summed E-state index contributed by atoms with van der Waals surface area (Å²) in [5.74, 6) is -0.00223. The first kappa shape index (κ1) is 16.8. The molecule has 4 rings (SSSR count). The zero-order valence-electron chi connectivity index (χ0n) is 14.8. The molecule has 5 heteroatoms. The highest BCUT2D eigenvalue weighted by Gasteiger charge is 2.17. The van der Waals surface area contributed by atoms with Crippen molar-refractivity contribution in [2.45, 2.75) is 12.8 Å². The number of carbonyl (C=O) groups is 1. The molecule has 0 aliphatic rings. The monoisotopic (exact) mass is 356 g/mol. The predicted molar refractivity (Wildman–Crippen MR) is 108 cm³/mol. The van der Waals surface area contributed by atoms with Crippen molar-refractivity contribution >= 4 is 28.2 Å². The van der Waals surface area contributed by atoms with E-state index in [9.17, 15) is 4.79 Å². The van der Waals surface area contributed by atoms with E-state index in [0.717, 1.165) is 27.8 Å². The van der Waals surface area contributed by atoms with Crippen LogP contribution < -0.4 is 10.4 Å². The van der Waals surface area contributed by atoms with Gasteiger partial charge in [0.1, 0.15) is 0 Å².